The number of ketones is 1. The third-order valence-electron chi connectivity index (χ3n) is 3.04. The summed E-state index contributed by atoms with van der Waals surface area (Å²) in [5, 5.41) is 2.54. The highest BCUT2D eigenvalue weighted by Gasteiger charge is 2.35. The first-order chi connectivity index (χ1) is 11.4. The summed E-state index contributed by atoms with van der Waals surface area (Å²) in [5.41, 5.74) is 0.387. The Morgan fingerprint density at radius 3 is 2.33 bits per heavy atom. The zero-order valence-electron chi connectivity index (χ0n) is 13.7. The van der Waals surface area contributed by atoms with Crippen molar-refractivity contribution >= 4 is 29.3 Å². The zero-order valence-corrected chi connectivity index (χ0v) is 13.7. The highest BCUT2D eigenvalue weighted by Crippen LogP contribution is 2.24. The van der Waals surface area contributed by atoms with Gasteiger partial charge in [-0.1, -0.05) is 12.1 Å². The van der Waals surface area contributed by atoms with Crippen LogP contribution in [0.3, 0.4) is 0 Å². The minimum absolute atomic E-state index is 0.387. The fourth-order valence-electron chi connectivity index (χ4n) is 1.91. The molecule has 130 valence electrons. The third-order valence-corrected chi connectivity index (χ3v) is 3.04. The minimum Gasteiger partial charge on any atom is -0.492 e. The maximum Gasteiger partial charge on any atom is 0.375 e. The first kappa shape index (κ1) is 19.1. The van der Waals surface area contributed by atoms with Crippen LogP contribution in [0.5, 0.6) is 5.75 Å². The van der Waals surface area contributed by atoms with E-state index in [9.17, 15) is 19.2 Å². The summed E-state index contributed by atoms with van der Waals surface area (Å²) < 4.78 is 14.1. The van der Waals surface area contributed by atoms with Gasteiger partial charge in [0.05, 0.1) is 26.5 Å². The maximum atomic E-state index is 12.1. The molecule has 8 heteroatoms. The van der Waals surface area contributed by atoms with Gasteiger partial charge in [-0.05, 0) is 19.1 Å². The third kappa shape index (κ3) is 5.08. The number of rotatable bonds is 8. The Labute approximate surface area is 139 Å². The van der Waals surface area contributed by atoms with E-state index < -0.39 is 36.0 Å². The van der Waals surface area contributed by atoms with Crippen LogP contribution in [0.1, 0.15) is 13.3 Å². The number of carbonyl (C=O) groups is 4. The molecule has 0 saturated heterocycles. The number of Topliss-reactive ketones (excluding diaryl/α,β-unsaturated/α-hetero) is 1. The lowest BCUT2D eigenvalue weighted by Crippen LogP contribution is -2.35. The van der Waals surface area contributed by atoms with Crippen molar-refractivity contribution in [1.82, 2.24) is 0 Å². The Hall–Kier alpha value is -2.90. The van der Waals surface area contributed by atoms with E-state index in [0.29, 0.717) is 18.0 Å². The number of hydrogen-bond donors (Lipinski definition) is 1. The van der Waals surface area contributed by atoms with E-state index in [1.165, 1.54) is 0 Å². The number of ether oxygens (including phenoxy) is 3. The van der Waals surface area contributed by atoms with E-state index in [1.807, 2.05) is 0 Å². The van der Waals surface area contributed by atoms with Gasteiger partial charge in [0, 0.05) is 6.42 Å². The molecule has 0 saturated carbocycles. The van der Waals surface area contributed by atoms with E-state index in [2.05, 4.69) is 14.8 Å². The highest BCUT2D eigenvalue weighted by atomic mass is 16.5. The number of para-hydroxylation sites is 2. The van der Waals surface area contributed by atoms with Crippen LogP contribution < -0.4 is 10.1 Å². The lowest BCUT2D eigenvalue weighted by atomic mass is 9.99. The van der Waals surface area contributed by atoms with Gasteiger partial charge in [0.2, 0.25) is 5.91 Å². The largest absolute Gasteiger partial charge is 0.492 e. The van der Waals surface area contributed by atoms with Gasteiger partial charge in [-0.25, -0.2) is 4.79 Å². The summed E-state index contributed by atoms with van der Waals surface area (Å²) in [5.74, 6) is -5.11. The molecule has 1 aromatic rings. The molecule has 0 aromatic heterocycles. The van der Waals surface area contributed by atoms with Crippen molar-refractivity contribution in [3.8, 4) is 5.75 Å². The van der Waals surface area contributed by atoms with Crippen molar-refractivity contribution in [3.63, 3.8) is 0 Å². The van der Waals surface area contributed by atoms with Crippen LogP contribution in [0.2, 0.25) is 0 Å². The van der Waals surface area contributed by atoms with Crippen LogP contribution in [-0.4, -0.2) is 44.5 Å². The van der Waals surface area contributed by atoms with Crippen LogP contribution in [0.25, 0.3) is 0 Å². The number of nitrogens with one attached hydrogen (secondary N) is 1. The normalized spacial score (nSPS) is 11.1. The molecule has 0 radical (unpaired) electrons. The summed E-state index contributed by atoms with van der Waals surface area (Å²) in [6.45, 7) is 2.19. The highest BCUT2D eigenvalue weighted by molar-refractivity contribution is 6.38. The van der Waals surface area contributed by atoms with E-state index in [0.717, 1.165) is 14.2 Å². The summed E-state index contributed by atoms with van der Waals surface area (Å²) in [6, 6.07) is 6.70. The Balaban J connectivity index is 2.88. The molecular formula is C16H19NO7. The zero-order chi connectivity index (χ0) is 18.1. The lowest BCUT2D eigenvalue weighted by Gasteiger charge is -2.14. The fourth-order valence-corrected chi connectivity index (χ4v) is 1.91. The molecule has 0 unspecified atom stereocenters. The Bertz CT molecular complexity index is 627. The maximum absolute atomic E-state index is 12.1. The number of carbonyl (C=O) groups excluding carboxylic acids is 4. The van der Waals surface area contributed by atoms with Crippen LogP contribution in [0.15, 0.2) is 24.3 Å². The van der Waals surface area contributed by atoms with Gasteiger partial charge in [0.15, 0.2) is 0 Å². The molecular weight excluding hydrogens is 318 g/mol. The van der Waals surface area contributed by atoms with E-state index >= 15 is 0 Å². The van der Waals surface area contributed by atoms with Gasteiger partial charge >= 0.3 is 11.9 Å². The average Bonchev–Trinajstić information content (AvgIpc) is 2.59. The Morgan fingerprint density at radius 2 is 1.75 bits per heavy atom. The van der Waals surface area contributed by atoms with E-state index in [-0.39, 0.29) is 0 Å². The minimum atomic E-state index is -1.57. The van der Waals surface area contributed by atoms with Gasteiger partial charge in [-0.15, -0.1) is 0 Å². The molecule has 0 aliphatic heterocycles. The summed E-state index contributed by atoms with van der Waals surface area (Å²) in [6.07, 6.45) is -0.554. The molecule has 1 aromatic carbocycles. The second-order valence-corrected chi connectivity index (χ2v) is 4.61. The van der Waals surface area contributed by atoms with Crippen molar-refractivity contribution in [2.24, 2.45) is 5.92 Å². The standard InChI is InChI=1S/C16H19NO7/c1-4-24-12-8-6-5-7-11(12)17-13(18)9-10(15(20)22-2)14(19)16(21)23-3/h5-8,10H,4,9H2,1-3H3,(H,17,18)/t10-/m1/s1. The van der Waals surface area contributed by atoms with Crippen LogP contribution in [0.4, 0.5) is 5.69 Å². The predicted molar refractivity (Wildman–Crippen MR) is 83.4 cm³/mol. The Kier molecular flexibility index (Phi) is 7.41. The van der Waals surface area contributed by atoms with Gasteiger partial charge in [0.1, 0.15) is 11.7 Å². The number of benzene rings is 1. The number of hydrogen-bond acceptors (Lipinski definition) is 7. The van der Waals surface area contributed by atoms with Gasteiger partial charge < -0.3 is 19.5 Å². The summed E-state index contributed by atoms with van der Waals surface area (Å²) in [4.78, 5) is 47.0. The van der Waals surface area contributed by atoms with Crippen molar-refractivity contribution < 1.29 is 33.4 Å². The van der Waals surface area contributed by atoms with Crippen molar-refractivity contribution in [2.75, 3.05) is 26.1 Å². The quantitative estimate of drug-likeness (QED) is 0.427. The topological polar surface area (TPSA) is 108 Å². The Morgan fingerprint density at radius 1 is 1.08 bits per heavy atom. The molecule has 1 N–H and O–H groups in total. The number of anilines is 1. The molecule has 1 amide bonds. The van der Waals surface area contributed by atoms with Gasteiger partial charge in [-0.3, -0.25) is 14.4 Å². The number of esters is 2. The molecule has 0 spiro atoms. The molecule has 8 nitrogen and oxygen atoms in total. The number of methoxy groups -OCH3 is 2. The van der Waals surface area contributed by atoms with E-state index in [4.69, 9.17) is 4.74 Å². The van der Waals surface area contributed by atoms with E-state index in [1.54, 1.807) is 31.2 Å². The molecule has 0 aliphatic carbocycles. The van der Waals surface area contributed by atoms with Crippen molar-refractivity contribution in [2.45, 2.75) is 13.3 Å². The first-order valence-corrected chi connectivity index (χ1v) is 7.16. The first-order valence-electron chi connectivity index (χ1n) is 7.16. The number of amides is 1. The molecule has 0 heterocycles. The SMILES string of the molecule is CCOc1ccccc1NC(=O)C[C@@H](C(=O)OC)C(=O)C(=O)OC. The van der Waals surface area contributed by atoms with Crippen LogP contribution >= 0.6 is 0 Å². The molecule has 0 bridgehead atoms. The molecule has 24 heavy (non-hydrogen) atoms. The van der Waals surface area contributed by atoms with Crippen molar-refractivity contribution in [1.29, 1.82) is 0 Å². The average molecular weight is 337 g/mol. The van der Waals surface area contributed by atoms with Gasteiger partial charge in [-0.2, -0.15) is 0 Å². The van der Waals surface area contributed by atoms with Crippen LogP contribution in [-0.2, 0) is 28.7 Å². The molecule has 1 rings (SSSR count). The second kappa shape index (κ2) is 9.29. The predicted octanol–water partition coefficient (Wildman–Crippen LogP) is 0.945. The second-order valence-electron chi connectivity index (χ2n) is 4.61. The summed E-state index contributed by atoms with van der Waals surface area (Å²) >= 11 is 0. The van der Waals surface area contributed by atoms with Crippen molar-refractivity contribution in [3.05, 3.63) is 24.3 Å². The molecule has 0 fully saturated rings. The molecule has 0 aliphatic rings. The fraction of sp³-hybridized carbons (Fsp3) is 0.375. The lowest BCUT2D eigenvalue weighted by molar-refractivity contribution is -0.160. The monoisotopic (exact) mass is 337 g/mol. The molecule has 1 atom stereocenters. The van der Waals surface area contributed by atoms with Crippen LogP contribution in [0, 0.1) is 5.92 Å². The van der Waals surface area contributed by atoms with Gasteiger partial charge in [0.25, 0.3) is 5.78 Å². The smallest absolute Gasteiger partial charge is 0.375 e. The summed E-state index contributed by atoms with van der Waals surface area (Å²) in [7, 11) is 2.06.